The van der Waals surface area contributed by atoms with Crippen LogP contribution >= 0.6 is 11.8 Å². The summed E-state index contributed by atoms with van der Waals surface area (Å²) in [5, 5.41) is 10.4. The molecule has 1 unspecified atom stereocenters. The molecule has 3 amide bonds. The van der Waals surface area contributed by atoms with Crippen LogP contribution in [0.15, 0.2) is 24.3 Å². The fourth-order valence-electron chi connectivity index (χ4n) is 7.11. The largest absolute Gasteiger partial charge is 0.394 e. The first-order valence-corrected chi connectivity index (χ1v) is 15.6. The summed E-state index contributed by atoms with van der Waals surface area (Å²) in [6.07, 6.45) is 9.86. The molecule has 0 aromatic heterocycles. The molecule has 5 rings (SSSR count). The number of rotatable bonds is 9. The minimum absolute atomic E-state index is 0.00790. The first-order valence-electron chi connectivity index (χ1n) is 14.7. The van der Waals surface area contributed by atoms with E-state index in [4.69, 9.17) is 4.74 Å². The van der Waals surface area contributed by atoms with Gasteiger partial charge in [0, 0.05) is 51.1 Å². The number of carbonyl (C=O) groups excluding carboxylic acids is 3. The quantitative estimate of drug-likeness (QED) is 0.424. The zero-order chi connectivity index (χ0) is 27.7. The molecule has 10 heteroatoms. The highest BCUT2D eigenvalue weighted by Crippen LogP contribution is 2.61. The van der Waals surface area contributed by atoms with Gasteiger partial charge in [0.25, 0.3) is 0 Å². The smallest absolute Gasteiger partial charge is 0.247 e. The molecule has 1 spiro atoms. The lowest BCUT2D eigenvalue weighted by Gasteiger charge is -2.40. The number of ether oxygens (including phenoxy) is 1. The summed E-state index contributed by atoms with van der Waals surface area (Å²) in [5.74, 6) is -1.37. The van der Waals surface area contributed by atoms with Gasteiger partial charge in [-0.1, -0.05) is 51.5 Å². The monoisotopic (exact) mass is 560 g/mol. The lowest BCUT2D eigenvalue weighted by Crippen LogP contribution is -2.58. The molecular formula is C29H44N4O5S. The van der Waals surface area contributed by atoms with Crippen LogP contribution in [0.5, 0.6) is 0 Å². The number of aliphatic hydroxyl groups excluding tert-OH is 1. The number of aliphatic hydroxyl groups is 1. The maximum atomic E-state index is 14.5. The van der Waals surface area contributed by atoms with Crippen LogP contribution in [0.2, 0.25) is 0 Å². The van der Waals surface area contributed by atoms with Crippen LogP contribution in [-0.2, 0) is 19.1 Å². The van der Waals surface area contributed by atoms with Crippen LogP contribution in [0.25, 0.3) is 0 Å². The number of hydrogen-bond donors (Lipinski definition) is 1. The fourth-order valence-corrected chi connectivity index (χ4v) is 9.10. The van der Waals surface area contributed by atoms with Crippen molar-refractivity contribution in [3.63, 3.8) is 0 Å². The summed E-state index contributed by atoms with van der Waals surface area (Å²) in [6, 6.07) is -1.23. The Bertz CT molecular complexity index is 1000. The topological polar surface area (TPSA) is 93.6 Å². The lowest BCUT2D eigenvalue weighted by molar-refractivity contribution is -0.148. The van der Waals surface area contributed by atoms with Crippen LogP contribution in [0.1, 0.15) is 33.6 Å². The van der Waals surface area contributed by atoms with Crippen LogP contribution in [0, 0.1) is 17.8 Å². The molecule has 5 heterocycles. The molecule has 0 saturated carbocycles. The van der Waals surface area contributed by atoms with Crippen molar-refractivity contribution in [2.75, 3.05) is 65.6 Å². The highest BCUT2D eigenvalue weighted by molar-refractivity contribution is 8.02. The Labute approximate surface area is 236 Å². The van der Waals surface area contributed by atoms with Gasteiger partial charge in [0.1, 0.15) is 6.04 Å². The van der Waals surface area contributed by atoms with Crippen molar-refractivity contribution >= 4 is 29.5 Å². The van der Waals surface area contributed by atoms with Crippen molar-refractivity contribution in [2.45, 2.75) is 55.7 Å². The van der Waals surface area contributed by atoms with Gasteiger partial charge in [-0.15, -0.1) is 11.8 Å². The van der Waals surface area contributed by atoms with Gasteiger partial charge in [0.05, 0.1) is 42.4 Å². The van der Waals surface area contributed by atoms with Crippen molar-refractivity contribution in [2.24, 2.45) is 17.8 Å². The average Bonchev–Trinajstić information content (AvgIpc) is 3.27. The minimum atomic E-state index is -0.840. The zero-order valence-electron chi connectivity index (χ0n) is 23.5. The molecule has 0 radical (unpaired) electrons. The van der Waals surface area contributed by atoms with Crippen LogP contribution in [0.4, 0.5) is 0 Å². The van der Waals surface area contributed by atoms with E-state index in [1.807, 2.05) is 35.8 Å². The minimum Gasteiger partial charge on any atom is -0.394 e. The van der Waals surface area contributed by atoms with E-state index in [2.05, 4.69) is 24.0 Å². The summed E-state index contributed by atoms with van der Waals surface area (Å²) in [5.41, 5.74) is 0. The van der Waals surface area contributed by atoms with Crippen molar-refractivity contribution in [3.05, 3.63) is 24.3 Å². The first-order chi connectivity index (χ1) is 18.9. The Hall–Kier alpha value is -1.88. The lowest BCUT2D eigenvalue weighted by atomic mass is 9.78. The standard InChI is InChI=1S/C29H44N4O5S/c1-4-10-31-11-6-8-22-23(26(31)35)24-27(36)33(21(19-34)20(3)5-2)25-28(37)32(12-7-9-29(24,25)39-22)14-13-30-15-17-38-18-16-30/h6-9,20-25,34H,4-5,10-19H2,1-3H3/t20-,21-,22+,23-,24-,25?,29-/m0/s1. The molecule has 5 aliphatic rings. The van der Waals surface area contributed by atoms with Gasteiger partial charge in [-0.05, 0) is 12.3 Å². The number of likely N-dealkylation sites (tertiary alicyclic amines) is 1. The molecule has 7 atom stereocenters. The Morgan fingerprint density at radius 1 is 1.03 bits per heavy atom. The Morgan fingerprint density at radius 3 is 2.44 bits per heavy atom. The number of fused-ring (bicyclic) bond motifs is 2. The molecule has 39 heavy (non-hydrogen) atoms. The molecule has 0 aromatic carbocycles. The van der Waals surface area contributed by atoms with E-state index in [1.54, 1.807) is 16.7 Å². The average molecular weight is 561 g/mol. The van der Waals surface area contributed by atoms with Crippen LogP contribution < -0.4 is 0 Å². The Kier molecular flexibility index (Phi) is 8.76. The van der Waals surface area contributed by atoms with Crippen molar-refractivity contribution in [3.8, 4) is 0 Å². The van der Waals surface area contributed by atoms with E-state index in [1.165, 1.54) is 0 Å². The fraction of sp³-hybridized carbons (Fsp3) is 0.759. The third-order valence-corrected chi connectivity index (χ3v) is 11.1. The van der Waals surface area contributed by atoms with E-state index < -0.39 is 28.7 Å². The third kappa shape index (κ3) is 4.96. The number of amides is 3. The van der Waals surface area contributed by atoms with Crippen molar-refractivity contribution < 1.29 is 24.2 Å². The van der Waals surface area contributed by atoms with Crippen molar-refractivity contribution in [1.82, 2.24) is 19.6 Å². The van der Waals surface area contributed by atoms with Crippen LogP contribution in [-0.4, -0.2) is 130 Å². The van der Waals surface area contributed by atoms with Gasteiger partial charge in [-0.25, -0.2) is 0 Å². The molecule has 216 valence electrons. The summed E-state index contributed by atoms with van der Waals surface area (Å²) < 4.78 is 4.64. The van der Waals surface area contributed by atoms with E-state index in [0.717, 1.165) is 32.5 Å². The Morgan fingerprint density at radius 2 is 1.74 bits per heavy atom. The number of nitrogens with zero attached hydrogens (tertiary/aromatic N) is 4. The predicted molar refractivity (Wildman–Crippen MR) is 151 cm³/mol. The summed E-state index contributed by atoms with van der Waals surface area (Å²) >= 11 is 1.61. The maximum absolute atomic E-state index is 14.5. The second-order valence-corrected chi connectivity index (χ2v) is 13.1. The molecule has 3 fully saturated rings. The van der Waals surface area contributed by atoms with E-state index in [0.29, 0.717) is 39.4 Å². The van der Waals surface area contributed by atoms with Gasteiger partial charge in [0.15, 0.2) is 0 Å². The number of morpholine rings is 1. The molecule has 5 aliphatic heterocycles. The normalized spacial score (nSPS) is 34.6. The second kappa shape index (κ2) is 11.9. The summed E-state index contributed by atoms with van der Waals surface area (Å²) in [4.78, 5) is 50.7. The summed E-state index contributed by atoms with van der Waals surface area (Å²) in [6.45, 7) is 12.0. The molecular weight excluding hydrogens is 516 g/mol. The van der Waals surface area contributed by atoms with Gasteiger partial charge < -0.3 is 24.5 Å². The Balaban J connectivity index is 1.52. The van der Waals surface area contributed by atoms with E-state index in [9.17, 15) is 19.5 Å². The SMILES string of the molecule is CCCN1CC=C[C@H]2S[C@]34C=CCN(CCN5CCOCC5)C(=O)C3N([C@@H](CO)[C@@H](C)CC)C(=O)[C@@H]4[C@H]2C1=O. The first kappa shape index (κ1) is 28.6. The third-order valence-electron chi connectivity index (χ3n) is 9.39. The molecule has 0 bridgehead atoms. The van der Waals surface area contributed by atoms with Crippen molar-refractivity contribution in [1.29, 1.82) is 0 Å². The highest BCUT2D eigenvalue weighted by Gasteiger charge is 2.71. The number of carbonyl (C=O) groups is 3. The van der Waals surface area contributed by atoms with Gasteiger partial charge in [0.2, 0.25) is 17.7 Å². The number of thioether (sulfide) groups is 1. The molecule has 0 aromatic rings. The second-order valence-electron chi connectivity index (χ2n) is 11.6. The van der Waals surface area contributed by atoms with Gasteiger partial charge in [-0.3, -0.25) is 19.3 Å². The molecule has 0 aliphatic carbocycles. The summed E-state index contributed by atoms with van der Waals surface area (Å²) in [7, 11) is 0. The van der Waals surface area contributed by atoms with Crippen LogP contribution in [0.3, 0.4) is 0 Å². The molecule has 1 N–H and O–H groups in total. The van der Waals surface area contributed by atoms with E-state index >= 15 is 0 Å². The molecule has 3 saturated heterocycles. The van der Waals surface area contributed by atoms with E-state index in [-0.39, 0.29) is 35.5 Å². The van der Waals surface area contributed by atoms with Gasteiger partial charge in [-0.2, -0.15) is 0 Å². The zero-order valence-corrected chi connectivity index (χ0v) is 24.4. The van der Waals surface area contributed by atoms with Gasteiger partial charge >= 0.3 is 0 Å². The predicted octanol–water partition coefficient (Wildman–Crippen LogP) is 1.23. The molecule has 9 nitrogen and oxygen atoms in total. The number of hydrogen-bond acceptors (Lipinski definition) is 7. The maximum Gasteiger partial charge on any atom is 0.247 e. The highest BCUT2D eigenvalue weighted by atomic mass is 32.2.